The summed E-state index contributed by atoms with van der Waals surface area (Å²) < 4.78 is 26.5. The van der Waals surface area contributed by atoms with Crippen molar-refractivity contribution in [3.05, 3.63) is 33.4 Å². The molecule has 1 heterocycles. The minimum atomic E-state index is -3.84. The number of β-amino-alcohol motifs (C(OH)–C–C–N with tert-alkyl or cyclic N) is 1. The van der Waals surface area contributed by atoms with Crippen LogP contribution in [-0.2, 0) is 10.0 Å². The quantitative estimate of drug-likeness (QED) is 0.670. The molecule has 7 nitrogen and oxygen atoms in total. The van der Waals surface area contributed by atoms with Crippen LogP contribution in [0.1, 0.15) is 24.0 Å². The smallest absolute Gasteiger partial charge is 0.271 e. The lowest BCUT2D eigenvalue weighted by Gasteiger charge is -2.29. The van der Waals surface area contributed by atoms with Gasteiger partial charge in [0.15, 0.2) is 0 Å². The molecule has 0 amide bonds. The fourth-order valence-corrected chi connectivity index (χ4v) is 4.29. The van der Waals surface area contributed by atoms with Gasteiger partial charge in [-0.3, -0.25) is 10.1 Å². The van der Waals surface area contributed by atoms with Crippen LogP contribution in [-0.4, -0.2) is 41.9 Å². The third kappa shape index (κ3) is 3.07. The lowest BCUT2D eigenvalue weighted by atomic mass is 10.1. The number of sulfonamides is 1. The van der Waals surface area contributed by atoms with Crippen LogP contribution in [0.15, 0.2) is 17.0 Å². The van der Waals surface area contributed by atoms with Crippen LogP contribution in [0.2, 0.25) is 0 Å². The summed E-state index contributed by atoms with van der Waals surface area (Å²) >= 11 is 0. The van der Waals surface area contributed by atoms with Crippen molar-refractivity contribution in [2.24, 2.45) is 0 Å². The summed E-state index contributed by atoms with van der Waals surface area (Å²) in [5.41, 5.74) is 0.815. The predicted molar refractivity (Wildman–Crippen MR) is 76.6 cm³/mol. The zero-order chi connectivity index (χ0) is 15.8. The van der Waals surface area contributed by atoms with E-state index in [1.165, 1.54) is 10.4 Å². The third-order valence-corrected chi connectivity index (χ3v) is 5.78. The van der Waals surface area contributed by atoms with Gasteiger partial charge in [0.1, 0.15) is 0 Å². The van der Waals surface area contributed by atoms with E-state index in [9.17, 15) is 23.6 Å². The second-order valence-corrected chi connectivity index (χ2v) is 7.21. The van der Waals surface area contributed by atoms with Crippen molar-refractivity contribution in [2.75, 3.05) is 13.1 Å². The first kappa shape index (κ1) is 15.9. The molecule has 0 saturated carbocycles. The average molecular weight is 314 g/mol. The number of benzene rings is 1. The second-order valence-electron chi connectivity index (χ2n) is 5.30. The summed E-state index contributed by atoms with van der Waals surface area (Å²) in [5.74, 6) is 0. The highest BCUT2D eigenvalue weighted by Crippen LogP contribution is 2.29. The van der Waals surface area contributed by atoms with Crippen LogP contribution in [0.5, 0.6) is 0 Å². The Morgan fingerprint density at radius 3 is 2.62 bits per heavy atom. The van der Waals surface area contributed by atoms with Gasteiger partial charge in [0, 0.05) is 25.2 Å². The van der Waals surface area contributed by atoms with Crippen molar-refractivity contribution >= 4 is 15.7 Å². The molecule has 1 saturated heterocycles. The molecule has 1 unspecified atom stereocenters. The highest BCUT2D eigenvalue weighted by Gasteiger charge is 2.32. The van der Waals surface area contributed by atoms with Crippen LogP contribution in [0.4, 0.5) is 5.69 Å². The molecule has 1 aromatic rings. The van der Waals surface area contributed by atoms with Crippen molar-refractivity contribution in [1.29, 1.82) is 0 Å². The predicted octanol–water partition coefficient (Wildman–Crippen LogP) is 1.36. The molecular formula is C13H18N2O5S. The minimum Gasteiger partial charge on any atom is -0.392 e. The molecule has 1 aliphatic heterocycles. The Balaban J connectivity index is 2.51. The molecule has 0 aromatic heterocycles. The zero-order valence-corrected chi connectivity index (χ0v) is 12.8. The van der Waals surface area contributed by atoms with Gasteiger partial charge in [-0.1, -0.05) is 0 Å². The van der Waals surface area contributed by atoms with E-state index < -0.39 is 21.1 Å². The Kier molecular flexibility index (Phi) is 4.31. The molecule has 0 aliphatic carbocycles. The van der Waals surface area contributed by atoms with Gasteiger partial charge in [-0.15, -0.1) is 0 Å². The lowest BCUT2D eigenvalue weighted by molar-refractivity contribution is -0.385. The van der Waals surface area contributed by atoms with Crippen molar-refractivity contribution in [3.8, 4) is 0 Å². The Morgan fingerprint density at radius 1 is 1.38 bits per heavy atom. The maximum absolute atomic E-state index is 12.7. The number of nitro benzene ring substituents is 1. The number of piperidine rings is 1. The molecule has 1 atom stereocenters. The van der Waals surface area contributed by atoms with Gasteiger partial charge in [-0.2, -0.15) is 4.31 Å². The second kappa shape index (κ2) is 5.70. The molecule has 0 bridgehead atoms. The number of rotatable bonds is 3. The number of hydrogen-bond donors (Lipinski definition) is 1. The van der Waals surface area contributed by atoms with Gasteiger partial charge in [-0.05, 0) is 37.8 Å². The van der Waals surface area contributed by atoms with Crippen molar-refractivity contribution in [2.45, 2.75) is 37.7 Å². The van der Waals surface area contributed by atoms with E-state index in [2.05, 4.69) is 0 Å². The van der Waals surface area contributed by atoms with Crippen LogP contribution in [0, 0.1) is 24.0 Å². The normalized spacial score (nSPS) is 20.4. The summed E-state index contributed by atoms with van der Waals surface area (Å²) in [4.78, 5) is 10.3. The summed E-state index contributed by atoms with van der Waals surface area (Å²) in [6.45, 7) is 3.63. The fraction of sp³-hybridized carbons (Fsp3) is 0.538. The Labute approximate surface area is 123 Å². The van der Waals surface area contributed by atoms with E-state index in [1.54, 1.807) is 13.8 Å². The molecular weight excluding hydrogens is 296 g/mol. The van der Waals surface area contributed by atoms with E-state index in [0.717, 1.165) is 6.07 Å². The van der Waals surface area contributed by atoms with Crippen LogP contribution in [0.3, 0.4) is 0 Å². The van der Waals surface area contributed by atoms with Crippen LogP contribution >= 0.6 is 0 Å². The Bertz CT molecular complexity index is 671. The molecule has 116 valence electrons. The van der Waals surface area contributed by atoms with Gasteiger partial charge >= 0.3 is 0 Å². The first-order chi connectivity index (χ1) is 9.73. The third-order valence-electron chi connectivity index (χ3n) is 3.79. The molecule has 2 rings (SSSR count). The summed E-state index contributed by atoms with van der Waals surface area (Å²) in [5, 5.41) is 20.6. The van der Waals surface area contributed by atoms with Crippen LogP contribution in [0.25, 0.3) is 0 Å². The van der Waals surface area contributed by atoms with E-state index >= 15 is 0 Å². The minimum absolute atomic E-state index is 0.0313. The van der Waals surface area contributed by atoms with E-state index in [4.69, 9.17) is 0 Å². The molecule has 0 radical (unpaired) electrons. The maximum atomic E-state index is 12.7. The molecule has 1 aromatic carbocycles. The molecule has 1 aliphatic rings. The monoisotopic (exact) mass is 314 g/mol. The summed E-state index contributed by atoms with van der Waals surface area (Å²) in [6.07, 6.45) is 0.459. The lowest BCUT2D eigenvalue weighted by Crippen LogP contribution is -2.42. The SMILES string of the molecule is Cc1cc([N+](=O)[O-])cc(S(=O)(=O)N2CCCC(O)C2)c1C. The first-order valence-corrected chi connectivity index (χ1v) is 8.11. The highest BCUT2D eigenvalue weighted by molar-refractivity contribution is 7.89. The van der Waals surface area contributed by atoms with E-state index in [-0.39, 0.29) is 17.1 Å². The first-order valence-electron chi connectivity index (χ1n) is 6.67. The number of nitro groups is 1. The van der Waals surface area contributed by atoms with Gasteiger partial charge in [0.05, 0.1) is 15.9 Å². The molecule has 21 heavy (non-hydrogen) atoms. The van der Waals surface area contributed by atoms with Gasteiger partial charge < -0.3 is 5.11 Å². The van der Waals surface area contributed by atoms with Crippen molar-refractivity contribution < 1.29 is 18.4 Å². The average Bonchev–Trinajstić information content (AvgIpc) is 2.41. The van der Waals surface area contributed by atoms with Gasteiger partial charge in [0.25, 0.3) is 5.69 Å². The van der Waals surface area contributed by atoms with Crippen LogP contribution < -0.4 is 0 Å². The number of aliphatic hydroxyl groups excluding tert-OH is 1. The summed E-state index contributed by atoms with van der Waals surface area (Å²) in [7, 11) is -3.84. The number of hydrogen-bond acceptors (Lipinski definition) is 5. The fourth-order valence-electron chi connectivity index (χ4n) is 2.46. The van der Waals surface area contributed by atoms with Crippen molar-refractivity contribution in [1.82, 2.24) is 4.31 Å². The summed E-state index contributed by atoms with van der Waals surface area (Å²) in [6, 6.07) is 2.46. The van der Waals surface area contributed by atoms with E-state index in [0.29, 0.717) is 30.5 Å². The standard InChI is InChI=1S/C13H18N2O5S/c1-9-6-11(15(17)18)7-13(10(9)2)21(19,20)14-5-3-4-12(16)8-14/h6-7,12,16H,3-5,8H2,1-2H3. The topological polar surface area (TPSA) is 101 Å². The molecule has 8 heteroatoms. The van der Waals surface area contributed by atoms with Gasteiger partial charge in [0.2, 0.25) is 10.0 Å². The largest absolute Gasteiger partial charge is 0.392 e. The number of nitrogens with zero attached hydrogens (tertiary/aromatic N) is 2. The molecule has 1 fully saturated rings. The Hall–Kier alpha value is -1.51. The Morgan fingerprint density at radius 2 is 2.05 bits per heavy atom. The zero-order valence-electron chi connectivity index (χ0n) is 11.9. The number of aliphatic hydroxyl groups is 1. The highest BCUT2D eigenvalue weighted by atomic mass is 32.2. The molecule has 1 N–H and O–H groups in total. The van der Waals surface area contributed by atoms with Crippen molar-refractivity contribution in [3.63, 3.8) is 0 Å². The number of aryl methyl sites for hydroxylation is 1. The van der Waals surface area contributed by atoms with Gasteiger partial charge in [-0.25, -0.2) is 8.42 Å². The number of non-ortho nitro benzene ring substituents is 1. The maximum Gasteiger partial charge on any atom is 0.271 e. The van der Waals surface area contributed by atoms with E-state index in [1.807, 2.05) is 0 Å². The molecule has 0 spiro atoms.